The van der Waals surface area contributed by atoms with Crippen molar-refractivity contribution >= 4 is 17.5 Å². The van der Waals surface area contributed by atoms with Crippen molar-refractivity contribution in [3.05, 3.63) is 41.1 Å². The van der Waals surface area contributed by atoms with Crippen molar-refractivity contribution in [3.8, 4) is 0 Å². The maximum Gasteiger partial charge on any atom is 0.276 e. The Kier molecular flexibility index (Phi) is 5.91. The van der Waals surface area contributed by atoms with Crippen molar-refractivity contribution in [2.24, 2.45) is 17.8 Å². The van der Waals surface area contributed by atoms with Gasteiger partial charge in [0.25, 0.3) is 5.91 Å². The maximum absolute atomic E-state index is 13.9. The maximum atomic E-state index is 13.9. The van der Waals surface area contributed by atoms with E-state index in [1.165, 1.54) is 0 Å². The van der Waals surface area contributed by atoms with E-state index >= 15 is 0 Å². The lowest BCUT2D eigenvalue weighted by molar-refractivity contribution is -0.122. The quantitative estimate of drug-likeness (QED) is 0.497. The molecule has 0 spiro atoms. The van der Waals surface area contributed by atoms with E-state index in [9.17, 15) is 18.4 Å². The first-order valence-corrected chi connectivity index (χ1v) is 12.9. The van der Waals surface area contributed by atoms with Gasteiger partial charge in [0.05, 0.1) is 24.1 Å². The van der Waals surface area contributed by atoms with Crippen LogP contribution < -0.4 is 10.6 Å². The fourth-order valence-electron chi connectivity index (χ4n) is 5.55. The first kappa shape index (κ1) is 23.9. The molecule has 0 radical (unpaired) electrons. The highest BCUT2D eigenvalue weighted by atomic mass is 19.3. The molecule has 6 rings (SSSR count). The molecular weight excluding hydrogens is 484 g/mol. The second-order valence-electron chi connectivity index (χ2n) is 10.8. The number of nitrogens with one attached hydrogen (secondary N) is 2. The molecule has 0 unspecified atom stereocenters. The van der Waals surface area contributed by atoms with Crippen molar-refractivity contribution in [2.75, 3.05) is 6.54 Å². The van der Waals surface area contributed by atoms with Gasteiger partial charge < -0.3 is 10.6 Å². The summed E-state index contributed by atoms with van der Waals surface area (Å²) < 4.78 is 34.3. The second-order valence-corrected chi connectivity index (χ2v) is 10.8. The predicted octanol–water partition coefficient (Wildman–Crippen LogP) is 3.21. The lowest BCUT2D eigenvalue weighted by atomic mass is 9.81. The molecule has 3 aromatic heterocycles. The van der Waals surface area contributed by atoms with Gasteiger partial charge in [-0.25, -0.2) is 22.9 Å². The molecule has 4 heterocycles. The predicted molar refractivity (Wildman–Crippen MR) is 126 cm³/mol. The minimum Gasteiger partial charge on any atom is -0.356 e. The normalized spacial score (nSPS) is 24.8. The number of amides is 2. The van der Waals surface area contributed by atoms with E-state index in [4.69, 9.17) is 9.61 Å². The smallest absolute Gasteiger partial charge is 0.276 e. The molecule has 1 saturated heterocycles. The first-order valence-electron chi connectivity index (χ1n) is 12.9. The Morgan fingerprint density at radius 2 is 2.05 bits per heavy atom. The monoisotopic (exact) mass is 513 g/mol. The number of halogens is 2. The van der Waals surface area contributed by atoms with Crippen LogP contribution in [0, 0.1) is 17.8 Å². The summed E-state index contributed by atoms with van der Waals surface area (Å²) in [6, 6.07) is 1.29. The SMILES string of the molecule is C[C@H]1CNC(=O)[C@@H]1Cc1cnn2cc([C@@H](NC(=O)c3nonc3C3CC3)C3CCC(F)(F)CC3)nc2c1. The Labute approximate surface area is 211 Å². The third kappa shape index (κ3) is 4.80. The Hall–Kier alpha value is -3.44. The van der Waals surface area contributed by atoms with E-state index in [1.54, 1.807) is 16.9 Å². The van der Waals surface area contributed by atoms with Gasteiger partial charge in [-0.15, -0.1) is 0 Å². The summed E-state index contributed by atoms with van der Waals surface area (Å²) in [5.74, 6) is -3.04. The lowest BCUT2D eigenvalue weighted by Crippen LogP contribution is -2.37. The molecule has 0 bridgehead atoms. The van der Waals surface area contributed by atoms with Crippen LogP contribution in [-0.2, 0) is 11.2 Å². The number of carbonyl (C=O) groups excluding carboxylic acids is 2. The minimum atomic E-state index is -2.70. The standard InChI is InChI=1S/C25H29F2N7O3/c1-13-10-28-23(35)17(13)8-14-9-19-30-18(12-34(19)29-11-14)20(16-4-6-25(26,27)7-5-16)31-24(36)22-21(15-2-3-15)32-37-33-22/h9,11-13,15-17,20H,2-8,10H2,1H3,(H,28,35)(H,31,36)/t13-,17+,20-/m0/s1. The molecule has 2 aliphatic carbocycles. The van der Waals surface area contributed by atoms with Crippen molar-refractivity contribution in [2.45, 2.75) is 69.8 Å². The highest BCUT2D eigenvalue weighted by Gasteiger charge is 2.40. The molecule has 10 nitrogen and oxygen atoms in total. The minimum absolute atomic E-state index is 0.0428. The number of alkyl halides is 2. The summed E-state index contributed by atoms with van der Waals surface area (Å²) in [5.41, 5.74) is 2.68. The Morgan fingerprint density at radius 3 is 2.76 bits per heavy atom. The Morgan fingerprint density at radius 1 is 1.27 bits per heavy atom. The molecule has 3 aromatic rings. The van der Waals surface area contributed by atoms with E-state index in [0.717, 1.165) is 18.4 Å². The van der Waals surface area contributed by atoms with Crippen LogP contribution in [0.15, 0.2) is 23.1 Å². The zero-order valence-electron chi connectivity index (χ0n) is 20.5. The third-order valence-electron chi connectivity index (χ3n) is 8.00. The Balaban J connectivity index is 1.28. The van der Waals surface area contributed by atoms with Crippen LogP contribution in [0.2, 0.25) is 0 Å². The van der Waals surface area contributed by atoms with E-state index in [-0.39, 0.29) is 61.0 Å². The van der Waals surface area contributed by atoms with Crippen LogP contribution in [0.3, 0.4) is 0 Å². The zero-order chi connectivity index (χ0) is 25.7. The average Bonchev–Trinajstić information content (AvgIpc) is 3.29. The molecule has 2 N–H and O–H groups in total. The number of hydrogen-bond acceptors (Lipinski definition) is 7. The zero-order valence-corrected chi connectivity index (χ0v) is 20.5. The van der Waals surface area contributed by atoms with E-state index < -0.39 is 17.9 Å². The van der Waals surface area contributed by atoms with Gasteiger partial charge in [-0.2, -0.15) is 5.10 Å². The summed E-state index contributed by atoms with van der Waals surface area (Å²) in [6.07, 6.45) is 5.89. The van der Waals surface area contributed by atoms with Gasteiger partial charge in [-0.3, -0.25) is 9.59 Å². The molecule has 37 heavy (non-hydrogen) atoms. The number of aromatic nitrogens is 5. The first-order chi connectivity index (χ1) is 17.8. The number of nitrogens with zero attached hydrogens (tertiary/aromatic N) is 5. The lowest BCUT2D eigenvalue weighted by Gasteiger charge is -2.33. The van der Waals surface area contributed by atoms with Crippen molar-refractivity contribution in [3.63, 3.8) is 0 Å². The second kappa shape index (κ2) is 9.14. The van der Waals surface area contributed by atoms with Gasteiger partial charge in [0, 0.05) is 31.2 Å². The number of carbonyl (C=O) groups is 2. The fourth-order valence-corrected chi connectivity index (χ4v) is 5.55. The number of imidazole rings is 1. The van der Waals surface area contributed by atoms with Crippen LogP contribution in [0.5, 0.6) is 0 Å². The number of rotatable bonds is 7. The highest BCUT2D eigenvalue weighted by Crippen LogP contribution is 2.42. The van der Waals surface area contributed by atoms with Crippen LogP contribution >= 0.6 is 0 Å². The summed E-state index contributed by atoms with van der Waals surface area (Å²) in [7, 11) is 0. The van der Waals surface area contributed by atoms with Gasteiger partial charge in [-0.05, 0) is 60.7 Å². The van der Waals surface area contributed by atoms with Gasteiger partial charge in [0.1, 0.15) is 5.69 Å². The summed E-state index contributed by atoms with van der Waals surface area (Å²) in [6.45, 7) is 2.71. The largest absolute Gasteiger partial charge is 0.356 e. The van der Waals surface area contributed by atoms with Gasteiger partial charge in [0.15, 0.2) is 11.3 Å². The molecule has 12 heteroatoms. The fraction of sp³-hybridized carbons (Fsp3) is 0.600. The van der Waals surface area contributed by atoms with Crippen LogP contribution in [0.4, 0.5) is 8.78 Å². The molecule has 3 atom stereocenters. The molecule has 3 fully saturated rings. The van der Waals surface area contributed by atoms with Gasteiger partial charge in [-0.1, -0.05) is 12.1 Å². The van der Waals surface area contributed by atoms with Gasteiger partial charge >= 0.3 is 0 Å². The number of hydrogen-bond donors (Lipinski definition) is 2. The van der Waals surface area contributed by atoms with Crippen molar-refractivity contribution in [1.29, 1.82) is 0 Å². The molecular formula is C25H29F2N7O3. The molecule has 196 valence electrons. The number of fused-ring (bicyclic) bond motifs is 1. The van der Waals surface area contributed by atoms with Crippen molar-refractivity contribution < 1.29 is 23.0 Å². The molecule has 2 saturated carbocycles. The van der Waals surface area contributed by atoms with Crippen LogP contribution in [0.1, 0.15) is 84.8 Å². The summed E-state index contributed by atoms with van der Waals surface area (Å²) >= 11 is 0. The van der Waals surface area contributed by atoms with E-state index in [2.05, 4.69) is 26.0 Å². The van der Waals surface area contributed by atoms with Crippen LogP contribution in [-0.4, -0.2) is 49.2 Å². The molecule has 1 aliphatic heterocycles. The third-order valence-corrected chi connectivity index (χ3v) is 8.00. The van der Waals surface area contributed by atoms with Gasteiger partial charge in [0.2, 0.25) is 11.8 Å². The summed E-state index contributed by atoms with van der Waals surface area (Å²) in [4.78, 5) is 30.1. The highest BCUT2D eigenvalue weighted by molar-refractivity contribution is 5.93. The molecule has 2 amide bonds. The van der Waals surface area contributed by atoms with Crippen molar-refractivity contribution in [1.82, 2.24) is 35.5 Å². The van der Waals surface area contributed by atoms with Crippen LogP contribution in [0.25, 0.3) is 5.65 Å². The summed E-state index contributed by atoms with van der Waals surface area (Å²) in [5, 5.41) is 18.1. The van der Waals surface area contributed by atoms with E-state index in [0.29, 0.717) is 30.0 Å². The van der Waals surface area contributed by atoms with E-state index in [1.807, 2.05) is 13.0 Å². The molecule has 3 aliphatic rings. The average molecular weight is 514 g/mol. The Bertz CT molecular complexity index is 1320. The molecule has 0 aromatic carbocycles. The topological polar surface area (TPSA) is 127 Å².